The maximum absolute atomic E-state index is 11.1. The third kappa shape index (κ3) is 8.87. The van der Waals surface area contributed by atoms with Gasteiger partial charge in [-0.05, 0) is 51.6 Å². The Balaban J connectivity index is 4.18. The highest BCUT2D eigenvalue weighted by Gasteiger charge is 2.22. The summed E-state index contributed by atoms with van der Waals surface area (Å²) in [6, 6.07) is 0. The lowest BCUT2D eigenvalue weighted by atomic mass is 9.89. The molecule has 0 amide bonds. The molecule has 0 aliphatic carbocycles. The quantitative estimate of drug-likeness (QED) is 0.380. The Morgan fingerprint density at radius 2 is 1.05 bits per heavy atom. The van der Waals surface area contributed by atoms with Crippen LogP contribution >= 0.6 is 0 Å². The summed E-state index contributed by atoms with van der Waals surface area (Å²) in [5, 5.41) is 18.3. The zero-order valence-electron chi connectivity index (χ0n) is 12.1. The molecule has 20 heavy (non-hydrogen) atoms. The molecule has 0 heterocycles. The van der Waals surface area contributed by atoms with Gasteiger partial charge in [-0.15, -0.1) is 0 Å². The second-order valence-electron chi connectivity index (χ2n) is 5.22. The van der Waals surface area contributed by atoms with Gasteiger partial charge in [0.1, 0.15) is 0 Å². The highest BCUT2D eigenvalue weighted by Crippen LogP contribution is 2.22. The van der Waals surface area contributed by atoms with Crippen LogP contribution < -0.4 is 11.5 Å². The predicted octanol–water partition coefficient (Wildman–Crippen LogP) is 1.43. The maximum Gasteiger partial charge on any atom is 0.306 e. The highest BCUT2D eigenvalue weighted by atomic mass is 16.4. The first kappa shape index (κ1) is 18.9. The summed E-state index contributed by atoms with van der Waals surface area (Å²) in [4.78, 5) is 22.3. The first-order valence-electron chi connectivity index (χ1n) is 7.38. The zero-order chi connectivity index (χ0) is 15.4. The van der Waals surface area contributed by atoms with E-state index < -0.39 is 23.8 Å². The summed E-state index contributed by atoms with van der Waals surface area (Å²) < 4.78 is 0. The van der Waals surface area contributed by atoms with E-state index in [-0.39, 0.29) is 0 Å². The number of nitrogens with two attached hydrogens (primary N) is 2. The number of hydrogen-bond acceptors (Lipinski definition) is 4. The van der Waals surface area contributed by atoms with Crippen molar-refractivity contribution < 1.29 is 19.8 Å². The lowest BCUT2D eigenvalue weighted by Crippen LogP contribution is -2.19. The second kappa shape index (κ2) is 11.7. The Hall–Kier alpha value is -1.14. The average molecular weight is 288 g/mol. The molecule has 6 heteroatoms. The number of aliphatic carboxylic acids is 2. The molecule has 0 saturated carbocycles. The molecule has 0 bridgehead atoms. The SMILES string of the molecule is NCCCCC(CCC(CCCCN)C(=O)O)C(=O)O. The van der Waals surface area contributed by atoms with Gasteiger partial charge >= 0.3 is 11.9 Å². The molecule has 0 aromatic carbocycles. The van der Waals surface area contributed by atoms with Gasteiger partial charge in [0.25, 0.3) is 0 Å². The largest absolute Gasteiger partial charge is 0.481 e. The summed E-state index contributed by atoms with van der Waals surface area (Å²) in [6.45, 7) is 1.12. The highest BCUT2D eigenvalue weighted by molar-refractivity contribution is 5.71. The molecule has 0 saturated heterocycles. The number of unbranched alkanes of at least 4 members (excludes halogenated alkanes) is 2. The van der Waals surface area contributed by atoms with Gasteiger partial charge in [-0.3, -0.25) is 9.59 Å². The molecule has 0 aliphatic rings. The van der Waals surface area contributed by atoms with Crippen LogP contribution in [0.1, 0.15) is 51.4 Å². The fourth-order valence-corrected chi connectivity index (χ4v) is 2.26. The molecule has 6 nitrogen and oxygen atoms in total. The first-order chi connectivity index (χ1) is 9.52. The lowest BCUT2D eigenvalue weighted by molar-refractivity contribution is -0.145. The van der Waals surface area contributed by atoms with Gasteiger partial charge in [0.05, 0.1) is 11.8 Å². The summed E-state index contributed by atoms with van der Waals surface area (Å²) in [6.07, 6.45) is 5.14. The van der Waals surface area contributed by atoms with Crippen LogP contribution in [-0.2, 0) is 9.59 Å². The number of rotatable bonds is 13. The number of carboxylic acid groups (broad SMARTS) is 2. The van der Waals surface area contributed by atoms with E-state index in [2.05, 4.69) is 0 Å². The number of hydrogen-bond donors (Lipinski definition) is 4. The van der Waals surface area contributed by atoms with Crippen molar-refractivity contribution in [1.29, 1.82) is 0 Å². The lowest BCUT2D eigenvalue weighted by Gasteiger charge is -2.16. The molecule has 0 aliphatic heterocycles. The molecule has 118 valence electrons. The van der Waals surface area contributed by atoms with Crippen LogP contribution in [0.5, 0.6) is 0 Å². The van der Waals surface area contributed by atoms with Gasteiger partial charge in [0, 0.05) is 0 Å². The van der Waals surface area contributed by atoms with Crippen molar-refractivity contribution in [3.05, 3.63) is 0 Å². The zero-order valence-corrected chi connectivity index (χ0v) is 12.1. The van der Waals surface area contributed by atoms with Gasteiger partial charge in [0.2, 0.25) is 0 Å². The van der Waals surface area contributed by atoms with Crippen molar-refractivity contribution in [2.24, 2.45) is 23.3 Å². The van der Waals surface area contributed by atoms with E-state index in [1.54, 1.807) is 0 Å². The third-order valence-electron chi connectivity index (χ3n) is 3.58. The van der Waals surface area contributed by atoms with Crippen molar-refractivity contribution >= 4 is 11.9 Å². The molecule has 0 aromatic heterocycles. The maximum atomic E-state index is 11.1. The Labute approximate surface area is 120 Å². The Morgan fingerprint density at radius 3 is 1.30 bits per heavy atom. The Bertz CT molecular complexity index is 256. The van der Waals surface area contributed by atoms with Crippen LogP contribution in [0.15, 0.2) is 0 Å². The standard InChI is InChI=1S/C14H28N2O4/c15-9-3-1-5-11(13(17)18)7-8-12(14(19)20)6-2-4-10-16/h11-12H,1-10,15-16H2,(H,17,18)(H,19,20). The van der Waals surface area contributed by atoms with E-state index in [1.165, 1.54) is 0 Å². The van der Waals surface area contributed by atoms with E-state index in [9.17, 15) is 9.59 Å². The molecule has 0 fully saturated rings. The van der Waals surface area contributed by atoms with E-state index in [0.29, 0.717) is 38.8 Å². The molecule has 0 spiro atoms. The van der Waals surface area contributed by atoms with E-state index in [1.807, 2.05) is 0 Å². The second-order valence-corrected chi connectivity index (χ2v) is 5.22. The molecule has 0 aromatic rings. The minimum absolute atomic E-state index is 0.416. The van der Waals surface area contributed by atoms with Gasteiger partial charge in [-0.1, -0.05) is 12.8 Å². The molecule has 2 unspecified atom stereocenters. The monoisotopic (exact) mass is 288 g/mol. The fourth-order valence-electron chi connectivity index (χ4n) is 2.26. The normalized spacial score (nSPS) is 13.9. The van der Waals surface area contributed by atoms with Gasteiger partial charge < -0.3 is 21.7 Å². The topological polar surface area (TPSA) is 127 Å². The van der Waals surface area contributed by atoms with Crippen LogP contribution in [0.4, 0.5) is 0 Å². The summed E-state index contributed by atoms with van der Waals surface area (Å²) in [7, 11) is 0. The van der Waals surface area contributed by atoms with Crippen molar-refractivity contribution in [2.45, 2.75) is 51.4 Å². The van der Waals surface area contributed by atoms with Crippen LogP contribution in [-0.4, -0.2) is 35.2 Å². The van der Waals surface area contributed by atoms with Crippen LogP contribution in [0.25, 0.3) is 0 Å². The average Bonchev–Trinajstić information content (AvgIpc) is 2.39. The van der Waals surface area contributed by atoms with Gasteiger partial charge in [-0.2, -0.15) is 0 Å². The number of carboxylic acids is 2. The first-order valence-corrected chi connectivity index (χ1v) is 7.38. The van der Waals surface area contributed by atoms with Crippen LogP contribution in [0.3, 0.4) is 0 Å². The molecular weight excluding hydrogens is 260 g/mol. The van der Waals surface area contributed by atoms with E-state index >= 15 is 0 Å². The van der Waals surface area contributed by atoms with E-state index in [4.69, 9.17) is 21.7 Å². The fraction of sp³-hybridized carbons (Fsp3) is 0.857. The number of carbonyl (C=O) groups is 2. The van der Waals surface area contributed by atoms with Crippen molar-refractivity contribution in [2.75, 3.05) is 13.1 Å². The summed E-state index contributed by atoms with van der Waals surface area (Å²) >= 11 is 0. The van der Waals surface area contributed by atoms with Crippen molar-refractivity contribution in [1.82, 2.24) is 0 Å². The summed E-state index contributed by atoms with van der Waals surface area (Å²) in [5.41, 5.74) is 10.8. The third-order valence-corrected chi connectivity index (χ3v) is 3.58. The summed E-state index contributed by atoms with van der Waals surface area (Å²) in [5.74, 6) is -2.60. The molecule has 2 atom stereocenters. The van der Waals surface area contributed by atoms with Gasteiger partial charge in [0.15, 0.2) is 0 Å². The minimum Gasteiger partial charge on any atom is -0.481 e. The van der Waals surface area contributed by atoms with Crippen molar-refractivity contribution in [3.63, 3.8) is 0 Å². The van der Waals surface area contributed by atoms with Gasteiger partial charge in [-0.25, -0.2) is 0 Å². The molecule has 0 rings (SSSR count). The Morgan fingerprint density at radius 1 is 0.700 bits per heavy atom. The van der Waals surface area contributed by atoms with E-state index in [0.717, 1.165) is 25.7 Å². The molecule has 6 N–H and O–H groups in total. The molecule has 0 radical (unpaired) electrons. The Kier molecular flexibility index (Phi) is 11.0. The minimum atomic E-state index is -0.840. The molecular formula is C14H28N2O4. The van der Waals surface area contributed by atoms with Crippen molar-refractivity contribution in [3.8, 4) is 0 Å². The predicted molar refractivity (Wildman–Crippen MR) is 77.3 cm³/mol. The van der Waals surface area contributed by atoms with Crippen LogP contribution in [0, 0.1) is 11.8 Å². The smallest absolute Gasteiger partial charge is 0.306 e. The van der Waals surface area contributed by atoms with Crippen LogP contribution in [0.2, 0.25) is 0 Å².